The normalized spacial score (nSPS) is 12.4. The van der Waals surface area contributed by atoms with E-state index < -0.39 is 0 Å². The number of hydrogen-bond acceptors (Lipinski definition) is 3. The van der Waals surface area contributed by atoms with E-state index in [4.69, 9.17) is 5.11 Å². The van der Waals surface area contributed by atoms with Gasteiger partial charge in [-0.1, -0.05) is 77.6 Å². The van der Waals surface area contributed by atoms with Gasteiger partial charge < -0.3 is 9.67 Å². The predicted octanol–water partition coefficient (Wildman–Crippen LogP) is 5.86. The Labute approximate surface area is 160 Å². The van der Waals surface area contributed by atoms with Crippen molar-refractivity contribution in [2.24, 2.45) is 0 Å². The quantitative estimate of drug-likeness (QED) is 0.332. The van der Waals surface area contributed by atoms with Crippen molar-refractivity contribution in [3.63, 3.8) is 0 Å². The number of aliphatic hydroxyl groups excluding tert-OH is 1. The van der Waals surface area contributed by atoms with Gasteiger partial charge >= 0.3 is 0 Å². The van der Waals surface area contributed by atoms with Gasteiger partial charge in [-0.3, -0.25) is 4.79 Å². The largest absolute Gasteiger partial charge is 0.389 e. The molecule has 1 heterocycles. The first kappa shape index (κ1) is 22.9. The molecule has 0 fully saturated rings. The van der Waals surface area contributed by atoms with Crippen LogP contribution in [0.5, 0.6) is 0 Å². The monoisotopic (exact) mass is 364 g/mol. The maximum Gasteiger partial charge on any atom is 0.158 e. The van der Waals surface area contributed by atoms with E-state index >= 15 is 0 Å². The van der Waals surface area contributed by atoms with Gasteiger partial charge in [-0.05, 0) is 19.3 Å². The van der Waals surface area contributed by atoms with Crippen LogP contribution in [0.15, 0.2) is 18.7 Å². The van der Waals surface area contributed by atoms with Crippen molar-refractivity contribution < 1.29 is 9.90 Å². The highest BCUT2D eigenvalue weighted by atomic mass is 16.3. The Morgan fingerprint density at radius 3 is 2.04 bits per heavy atom. The summed E-state index contributed by atoms with van der Waals surface area (Å²) in [6, 6.07) is 0.624. The molecule has 150 valence electrons. The molecule has 1 aromatic heterocycles. The number of carbonyl (C=O) groups is 1. The van der Waals surface area contributed by atoms with Crippen molar-refractivity contribution in [1.29, 1.82) is 0 Å². The zero-order chi connectivity index (χ0) is 18.9. The minimum atomic E-state index is -0.293. The zero-order valence-electron chi connectivity index (χ0n) is 16.9. The van der Waals surface area contributed by atoms with Crippen molar-refractivity contribution in [3.05, 3.63) is 18.7 Å². The second-order valence-corrected chi connectivity index (χ2v) is 7.58. The molecule has 1 atom stereocenters. The lowest BCUT2D eigenvalue weighted by atomic mass is 10.00. The number of carbonyl (C=O) groups excluding carboxylic acids is 1. The zero-order valence-corrected chi connectivity index (χ0v) is 16.9. The summed E-state index contributed by atoms with van der Waals surface area (Å²) in [6.45, 7) is 1.97. The Kier molecular flexibility index (Phi) is 14.1. The average molecular weight is 365 g/mol. The van der Waals surface area contributed by atoms with Crippen molar-refractivity contribution in [1.82, 2.24) is 9.55 Å². The Morgan fingerprint density at radius 1 is 0.923 bits per heavy atom. The summed E-state index contributed by atoms with van der Waals surface area (Å²) in [4.78, 5) is 15.2. The minimum Gasteiger partial charge on any atom is -0.389 e. The Morgan fingerprint density at radius 2 is 1.50 bits per heavy atom. The van der Waals surface area contributed by atoms with Gasteiger partial charge in [-0.15, -0.1) is 0 Å². The highest BCUT2D eigenvalue weighted by Gasteiger charge is 2.09. The molecule has 0 spiro atoms. The molecule has 1 aromatic rings. The summed E-state index contributed by atoms with van der Waals surface area (Å²) >= 11 is 0. The third kappa shape index (κ3) is 11.5. The third-order valence-corrected chi connectivity index (χ3v) is 5.26. The van der Waals surface area contributed by atoms with Crippen LogP contribution < -0.4 is 0 Å². The van der Waals surface area contributed by atoms with E-state index in [1.54, 1.807) is 0 Å². The molecule has 1 N–H and O–H groups in total. The van der Waals surface area contributed by atoms with E-state index in [2.05, 4.69) is 22.7 Å². The van der Waals surface area contributed by atoms with Crippen molar-refractivity contribution >= 4 is 5.78 Å². The molecule has 26 heavy (non-hydrogen) atoms. The van der Waals surface area contributed by atoms with Crippen LogP contribution in [0.3, 0.4) is 0 Å². The van der Waals surface area contributed by atoms with Crippen LogP contribution in [-0.4, -0.2) is 27.0 Å². The van der Waals surface area contributed by atoms with Gasteiger partial charge in [-0.2, -0.15) is 0 Å². The number of hydrogen-bond donors (Lipinski definition) is 1. The lowest BCUT2D eigenvalue weighted by molar-refractivity contribution is -0.121. The first-order chi connectivity index (χ1) is 12.8. The molecule has 0 radical (unpaired) electrons. The molecule has 0 saturated heterocycles. The molecule has 0 aromatic carbocycles. The van der Waals surface area contributed by atoms with Crippen LogP contribution >= 0.6 is 0 Å². The number of aromatic nitrogens is 2. The summed E-state index contributed by atoms with van der Waals surface area (Å²) < 4.78 is 2.31. The summed E-state index contributed by atoms with van der Waals surface area (Å²) in [7, 11) is 0. The van der Waals surface area contributed by atoms with Crippen molar-refractivity contribution in [2.75, 3.05) is 6.61 Å². The van der Waals surface area contributed by atoms with Crippen LogP contribution in [0.1, 0.15) is 109 Å². The smallest absolute Gasteiger partial charge is 0.158 e. The van der Waals surface area contributed by atoms with Crippen LogP contribution in [0.4, 0.5) is 0 Å². The molecule has 4 heteroatoms. The highest BCUT2D eigenvalue weighted by molar-refractivity contribution is 5.79. The first-order valence-corrected chi connectivity index (χ1v) is 10.9. The lowest BCUT2D eigenvalue weighted by Gasteiger charge is -2.18. The fourth-order valence-electron chi connectivity index (χ4n) is 3.58. The number of aliphatic hydroxyl groups is 1. The van der Waals surface area contributed by atoms with Gasteiger partial charge in [0.25, 0.3) is 0 Å². The molecule has 0 aliphatic carbocycles. The Balaban J connectivity index is 2.03. The lowest BCUT2D eigenvalue weighted by Crippen LogP contribution is -2.07. The maximum absolute atomic E-state index is 11.0. The molecule has 1 unspecified atom stereocenters. The van der Waals surface area contributed by atoms with Crippen LogP contribution in [0.25, 0.3) is 0 Å². The molecular weight excluding hydrogens is 324 g/mol. The van der Waals surface area contributed by atoms with Crippen LogP contribution in [0.2, 0.25) is 0 Å². The SMILES string of the molecule is CCCCCCC(CCCCCCCCCCC(=O)CO)n1ccnc1. The number of unbranched alkanes of at least 4 members (excludes halogenated alkanes) is 10. The summed E-state index contributed by atoms with van der Waals surface area (Å²) in [5.74, 6) is -0.0212. The first-order valence-electron chi connectivity index (χ1n) is 10.9. The standard InChI is InChI=1S/C22H40N2O2/c1-2-3-4-11-14-21(24-18-17-23-20-24)15-12-9-7-5-6-8-10-13-16-22(26)19-25/h17-18,20-21,25H,2-16,19H2,1H3. The second-order valence-electron chi connectivity index (χ2n) is 7.58. The molecule has 1 rings (SSSR count). The summed E-state index contributed by atoms with van der Waals surface area (Å²) in [5.41, 5.74) is 0. The number of rotatable bonds is 18. The van der Waals surface area contributed by atoms with E-state index in [1.165, 1.54) is 77.0 Å². The molecule has 0 aliphatic heterocycles. The fourth-order valence-corrected chi connectivity index (χ4v) is 3.58. The fraction of sp³-hybridized carbons (Fsp3) is 0.818. The van der Waals surface area contributed by atoms with Gasteiger partial charge in [0.15, 0.2) is 5.78 Å². The Hall–Kier alpha value is -1.16. The number of ketones is 1. The van der Waals surface area contributed by atoms with Gasteiger partial charge in [0.1, 0.15) is 6.61 Å². The van der Waals surface area contributed by atoms with Crippen LogP contribution in [0, 0.1) is 0 Å². The number of Topliss-reactive ketones (excluding diaryl/α,β-unsaturated/α-hetero) is 1. The highest BCUT2D eigenvalue weighted by Crippen LogP contribution is 2.23. The third-order valence-electron chi connectivity index (χ3n) is 5.26. The summed E-state index contributed by atoms with van der Waals surface area (Å²) in [5, 5.41) is 8.67. The van der Waals surface area contributed by atoms with E-state index in [0.29, 0.717) is 12.5 Å². The molecule has 0 bridgehead atoms. The molecule has 0 amide bonds. The van der Waals surface area contributed by atoms with Gasteiger partial charge in [0.05, 0.1) is 6.33 Å². The van der Waals surface area contributed by atoms with Crippen molar-refractivity contribution in [2.45, 2.75) is 109 Å². The molecule has 0 saturated carbocycles. The predicted molar refractivity (Wildman–Crippen MR) is 108 cm³/mol. The average Bonchev–Trinajstić information content (AvgIpc) is 3.19. The van der Waals surface area contributed by atoms with Gasteiger partial charge in [-0.25, -0.2) is 4.98 Å². The van der Waals surface area contributed by atoms with Gasteiger partial charge in [0, 0.05) is 24.9 Å². The van der Waals surface area contributed by atoms with E-state index in [-0.39, 0.29) is 12.4 Å². The topological polar surface area (TPSA) is 55.1 Å². The van der Waals surface area contributed by atoms with Crippen LogP contribution in [-0.2, 0) is 4.79 Å². The Bertz CT molecular complexity index is 431. The van der Waals surface area contributed by atoms with Gasteiger partial charge in [0.2, 0.25) is 0 Å². The molecule has 4 nitrogen and oxygen atoms in total. The molecular formula is C22H40N2O2. The van der Waals surface area contributed by atoms with E-state index in [1.807, 2.05) is 12.5 Å². The number of imidazole rings is 1. The second kappa shape index (κ2) is 16.0. The maximum atomic E-state index is 11.0. The van der Waals surface area contributed by atoms with E-state index in [0.717, 1.165) is 12.8 Å². The summed E-state index contributed by atoms with van der Waals surface area (Å²) in [6.07, 6.45) is 24.2. The van der Waals surface area contributed by atoms with E-state index in [9.17, 15) is 4.79 Å². The minimum absolute atomic E-state index is 0.0212. The molecule has 0 aliphatic rings. The number of nitrogens with zero attached hydrogens (tertiary/aromatic N) is 2. The van der Waals surface area contributed by atoms with Crippen molar-refractivity contribution in [3.8, 4) is 0 Å².